The van der Waals surface area contributed by atoms with E-state index in [2.05, 4.69) is 25.6 Å². The van der Waals surface area contributed by atoms with Gasteiger partial charge in [0.05, 0.1) is 0 Å². The molecule has 0 radical (unpaired) electrons. The zero-order valence-electron chi connectivity index (χ0n) is 7.94. The van der Waals surface area contributed by atoms with Crippen LogP contribution in [0.25, 0.3) is 0 Å². The van der Waals surface area contributed by atoms with Crippen molar-refractivity contribution in [3.8, 4) is 0 Å². The normalized spacial score (nSPS) is 19.9. The highest BCUT2D eigenvalue weighted by Crippen LogP contribution is 2.46. The van der Waals surface area contributed by atoms with Gasteiger partial charge in [-0.25, -0.2) is 8.93 Å². The van der Waals surface area contributed by atoms with Crippen molar-refractivity contribution < 1.29 is 8.76 Å². The van der Waals surface area contributed by atoms with E-state index < -0.39 is 11.3 Å². The number of aromatic nitrogens is 1. The first-order valence-corrected chi connectivity index (χ1v) is 6.49. The fourth-order valence-corrected chi connectivity index (χ4v) is 2.20. The molecule has 1 aromatic heterocycles. The van der Waals surface area contributed by atoms with Gasteiger partial charge in [0.15, 0.2) is 0 Å². The zero-order valence-corrected chi connectivity index (χ0v) is 10.3. The Morgan fingerprint density at radius 1 is 1.60 bits per heavy atom. The van der Waals surface area contributed by atoms with E-state index in [4.69, 9.17) is 4.55 Å². The zero-order chi connectivity index (χ0) is 10.9. The van der Waals surface area contributed by atoms with Gasteiger partial charge >= 0.3 is 0 Å². The lowest BCUT2D eigenvalue weighted by molar-refractivity contribution is 0.535. The lowest BCUT2D eigenvalue weighted by Crippen LogP contribution is -2.28. The van der Waals surface area contributed by atoms with Gasteiger partial charge < -0.3 is 0 Å². The molecule has 4 nitrogen and oxygen atoms in total. The smallest absolute Gasteiger partial charge is 0.231 e. The summed E-state index contributed by atoms with van der Waals surface area (Å²) in [6, 6.07) is 3.90. The van der Waals surface area contributed by atoms with Gasteiger partial charge in [-0.2, -0.15) is 0 Å². The first-order chi connectivity index (χ1) is 7.12. The molecule has 1 saturated carbocycles. The van der Waals surface area contributed by atoms with E-state index in [1.807, 2.05) is 12.1 Å². The third-order valence-corrected chi connectivity index (χ3v) is 3.52. The molecule has 1 fully saturated rings. The first-order valence-electron chi connectivity index (χ1n) is 4.59. The Bertz CT molecular complexity index is 378. The van der Waals surface area contributed by atoms with Crippen molar-refractivity contribution in [3.63, 3.8) is 0 Å². The van der Waals surface area contributed by atoms with E-state index in [0.717, 1.165) is 23.0 Å². The average Bonchev–Trinajstić information content (AvgIpc) is 2.97. The minimum absolute atomic E-state index is 0.0287. The Morgan fingerprint density at radius 2 is 2.33 bits per heavy atom. The SMILES string of the molecule is O=S(O)NCC1(c2ccc(Br)cn2)CC1. The predicted octanol–water partition coefficient (Wildman–Crippen LogP) is 1.60. The number of nitrogens with zero attached hydrogens (tertiary/aromatic N) is 1. The van der Waals surface area contributed by atoms with Crippen LogP contribution in [0.5, 0.6) is 0 Å². The molecule has 0 spiro atoms. The molecule has 1 aliphatic rings. The van der Waals surface area contributed by atoms with Gasteiger partial charge in [-0.05, 0) is 40.9 Å². The summed E-state index contributed by atoms with van der Waals surface area (Å²) in [6.07, 6.45) is 3.79. The second kappa shape index (κ2) is 4.29. The van der Waals surface area contributed by atoms with Crippen molar-refractivity contribution in [2.24, 2.45) is 0 Å². The van der Waals surface area contributed by atoms with E-state index in [1.165, 1.54) is 0 Å². The molecule has 15 heavy (non-hydrogen) atoms. The number of halogens is 1. The van der Waals surface area contributed by atoms with Gasteiger partial charge in [0, 0.05) is 28.3 Å². The second-order valence-electron chi connectivity index (χ2n) is 3.71. The third kappa shape index (κ3) is 2.63. The van der Waals surface area contributed by atoms with E-state index in [1.54, 1.807) is 6.20 Å². The monoisotopic (exact) mass is 290 g/mol. The molecule has 2 rings (SSSR count). The Kier molecular flexibility index (Phi) is 3.20. The molecular formula is C9H11BrN2O2S. The fourth-order valence-electron chi connectivity index (χ4n) is 1.56. The van der Waals surface area contributed by atoms with Crippen molar-refractivity contribution >= 4 is 27.2 Å². The molecule has 0 aromatic carbocycles. The molecule has 6 heteroatoms. The molecule has 1 heterocycles. The number of rotatable bonds is 4. The highest BCUT2D eigenvalue weighted by molar-refractivity contribution is 9.10. The summed E-state index contributed by atoms with van der Waals surface area (Å²) in [6.45, 7) is 0.505. The maximum absolute atomic E-state index is 10.5. The summed E-state index contributed by atoms with van der Waals surface area (Å²) in [5.74, 6) is 0. The van der Waals surface area contributed by atoms with Crippen LogP contribution in [0.4, 0.5) is 0 Å². The van der Waals surface area contributed by atoms with Gasteiger partial charge in [0.2, 0.25) is 11.3 Å². The quantitative estimate of drug-likeness (QED) is 0.828. The van der Waals surface area contributed by atoms with Crippen molar-refractivity contribution in [2.75, 3.05) is 6.54 Å². The molecule has 0 saturated heterocycles. The number of nitrogens with one attached hydrogen (secondary N) is 1. The van der Waals surface area contributed by atoms with Crippen LogP contribution in [-0.4, -0.2) is 20.3 Å². The van der Waals surface area contributed by atoms with Crippen molar-refractivity contribution in [3.05, 3.63) is 28.5 Å². The Hall–Kier alpha value is -0.300. The van der Waals surface area contributed by atoms with Crippen LogP contribution in [0.3, 0.4) is 0 Å². The summed E-state index contributed by atoms with van der Waals surface area (Å²) >= 11 is 1.39. The summed E-state index contributed by atoms with van der Waals surface area (Å²) in [5.41, 5.74) is 0.961. The fraction of sp³-hybridized carbons (Fsp3) is 0.444. The molecule has 2 N–H and O–H groups in total. The summed E-state index contributed by atoms with van der Waals surface area (Å²) in [5, 5.41) is 0. The standard InChI is InChI=1S/C9H11BrN2O2S/c10-7-1-2-8(11-5-7)9(3-4-9)6-12-15(13)14/h1-2,5,12H,3-4,6H2,(H,13,14). The molecule has 1 unspecified atom stereocenters. The molecule has 1 aliphatic carbocycles. The van der Waals surface area contributed by atoms with Gasteiger partial charge in [-0.1, -0.05) is 0 Å². The Morgan fingerprint density at radius 3 is 2.80 bits per heavy atom. The molecular weight excluding hydrogens is 280 g/mol. The van der Waals surface area contributed by atoms with Crippen LogP contribution in [0.1, 0.15) is 18.5 Å². The van der Waals surface area contributed by atoms with Crippen LogP contribution >= 0.6 is 15.9 Å². The molecule has 0 aliphatic heterocycles. The number of pyridine rings is 1. The van der Waals surface area contributed by atoms with Gasteiger partial charge in [-0.15, -0.1) is 0 Å². The topological polar surface area (TPSA) is 62.2 Å². The Balaban J connectivity index is 2.09. The molecule has 82 valence electrons. The largest absolute Gasteiger partial charge is 0.294 e. The third-order valence-electron chi connectivity index (χ3n) is 2.66. The van der Waals surface area contributed by atoms with Crippen LogP contribution in [0.2, 0.25) is 0 Å². The predicted molar refractivity (Wildman–Crippen MR) is 61.6 cm³/mol. The molecule has 1 aromatic rings. The highest BCUT2D eigenvalue weighted by Gasteiger charge is 2.45. The molecule has 1 atom stereocenters. The maximum Gasteiger partial charge on any atom is 0.231 e. The van der Waals surface area contributed by atoms with E-state index >= 15 is 0 Å². The van der Waals surface area contributed by atoms with Crippen LogP contribution in [-0.2, 0) is 16.7 Å². The average molecular weight is 291 g/mol. The minimum Gasteiger partial charge on any atom is -0.294 e. The number of hydrogen-bond acceptors (Lipinski definition) is 2. The molecule has 0 amide bonds. The van der Waals surface area contributed by atoms with E-state index in [0.29, 0.717) is 6.54 Å². The lowest BCUT2D eigenvalue weighted by Gasteiger charge is -2.13. The lowest BCUT2D eigenvalue weighted by atomic mass is 10.0. The highest BCUT2D eigenvalue weighted by atomic mass is 79.9. The van der Waals surface area contributed by atoms with Crippen molar-refractivity contribution in [1.82, 2.24) is 9.71 Å². The van der Waals surface area contributed by atoms with Crippen molar-refractivity contribution in [2.45, 2.75) is 18.3 Å². The van der Waals surface area contributed by atoms with E-state index in [-0.39, 0.29) is 5.41 Å². The van der Waals surface area contributed by atoms with E-state index in [9.17, 15) is 4.21 Å². The minimum atomic E-state index is -1.94. The molecule has 0 bridgehead atoms. The van der Waals surface area contributed by atoms with Gasteiger partial charge in [-0.3, -0.25) is 9.54 Å². The van der Waals surface area contributed by atoms with Crippen LogP contribution < -0.4 is 4.72 Å². The van der Waals surface area contributed by atoms with Gasteiger partial charge in [0.1, 0.15) is 0 Å². The first kappa shape index (κ1) is 11.2. The summed E-state index contributed by atoms with van der Waals surface area (Å²) in [7, 11) is 0. The maximum atomic E-state index is 10.5. The number of hydrogen-bond donors (Lipinski definition) is 2. The van der Waals surface area contributed by atoms with Crippen LogP contribution in [0.15, 0.2) is 22.8 Å². The summed E-state index contributed by atoms with van der Waals surface area (Å²) in [4.78, 5) is 4.32. The Labute approximate surface area is 99.0 Å². The van der Waals surface area contributed by atoms with Crippen molar-refractivity contribution in [1.29, 1.82) is 0 Å². The summed E-state index contributed by atoms with van der Waals surface area (Å²) < 4.78 is 22.7. The van der Waals surface area contributed by atoms with Gasteiger partial charge in [0.25, 0.3) is 0 Å². The second-order valence-corrected chi connectivity index (χ2v) is 5.41. The van der Waals surface area contributed by atoms with Crippen LogP contribution in [0, 0.1) is 0 Å².